The molecule has 4 rings (SSSR count). The number of benzene rings is 2. The molecular weight excluding hydrogens is 389 g/mol. The molecule has 1 aliphatic rings. The van der Waals surface area contributed by atoms with Crippen molar-refractivity contribution in [3.8, 4) is 11.4 Å². The summed E-state index contributed by atoms with van der Waals surface area (Å²) in [5, 5.41) is 6.08. The van der Waals surface area contributed by atoms with Gasteiger partial charge in [-0.15, -0.1) is 5.10 Å². The highest BCUT2D eigenvalue weighted by Crippen LogP contribution is 2.51. The maximum Gasteiger partial charge on any atom is 0.425 e. The number of thioether (sulfide) groups is 1. The standard InChI is InChI=1S/C19H15F3N4OS/c1-2-12-8-10-13(11-9-12)15-23-17-26(25-15)16(27)24-18(28-17,19(20,21)22)14-6-4-3-5-7-14/h3-11H,2H2,1H3,(H,24,27)/t18-/m1/s1. The van der Waals surface area contributed by atoms with E-state index in [0.29, 0.717) is 17.3 Å². The highest BCUT2D eigenvalue weighted by atomic mass is 32.2. The summed E-state index contributed by atoms with van der Waals surface area (Å²) >= 11 is 0.424. The van der Waals surface area contributed by atoms with E-state index < -0.39 is 17.1 Å². The lowest BCUT2D eigenvalue weighted by Crippen LogP contribution is -2.57. The third-order valence-corrected chi connectivity index (χ3v) is 5.82. The Labute approximate surface area is 163 Å². The number of nitrogens with one attached hydrogen (secondary N) is 1. The van der Waals surface area contributed by atoms with Gasteiger partial charge >= 0.3 is 12.2 Å². The van der Waals surface area contributed by atoms with Gasteiger partial charge in [0.1, 0.15) is 0 Å². The lowest BCUT2D eigenvalue weighted by atomic mass is 10.1. The van der Waals surface area contributed by atoms with Gasteiger partial charge in [0.05, 0.1) is 0 Å². The molecule has 1 amide bonds. The Morgan fingerprint density at radius 3 is 2.39 bits per heavy atom. The smallest absolute Gasteiger partial charge is 0.309 e. The normalized spacial score (nSPS) is 19.2. The van der Waals surface area contributed by atoms with Gasteiger partial charge in [-0.25, -0.2) is 9.78 Å². The van der Waals surface area contributed by atoms with E-state index in [1.165, 1.54) is 24.3 Å². The second kappa shape index (κ2) is 6.66. The third kappa shape index (κ3) is 2.95. The second-order valence-electron chi connectivity index (χ2n) is 6.26. The number of carbonyl (C=O) groups is 1. The highest BCUT2D eigenvalue weighted by Gasteiger charge is 2.61. The van der Waals surface area contributed by atoms with Gasteiger partial charge in [-0.1, -0.05) is 61.5 Å². The lowest BCUT2D eigenvalue weighted by molar-refractivity contribution is -0.168. The van der Waals surface area contributed by atoms with Crippen molar-refractivity contribution in [2.75, 3.05) is 0 Å². The SMILES string of the molecule is CCc1ccc(-c2nc3n(n2)C(=O)N[C@@](c2ccccc2)(C(F)(F)F)S3)cc1. The largest absolute Gasteiger partial charge is 0.425 e. The van der Waals surface area contributed by atoms with Crippen LogP contribution in [-0.4, -0.2) is 27.0 Å². The summed E-state index contributed by atoms with van der Waals surface area (Å²) in [5.41, 5.74) is 1.66. The van der Waals surface area contributed by atoms with Crippen molar-refractivity contribution in [1.29, 1.82) is 0 Å². The van der Waals surface area contributed by atoms with Crippen LogP contribution < -0.4 is 5.32 Å². The van der Waals surface area contributed by atoms with Crippen molar-refractivity contribution in [2.45, 2.75) is 29.5 Å². The summed E-state index contributed by atoms with van der Waals surface area (Å²) in [7, 11) is 0. The van der Waals surface area contributed by atoms with Crippen molar-refractivity contribution < 1.29 is 18.0 Å². The van der Waals surface area contributed by atoms with Crippen LogP contribution in [0, 0.1) is 0 Å². The summed E-state index contributed by atoms with van der Waals surface area (Å²) < 4.78 is 43.1. The first-order chi connectivity index (χ1) is 13.3. The molecule has 1 aliphatic heterocycles. The van der Waals surface area contributed by atoms with E-state index in [2.05, 4.69) is 15.4 Å². The van der Waals surface area contributed by atoms with E-state index in [9.17, 15) is 18.0 Å². The lowest BCUT2D eigenvalue weighted by Gasteiger charge is -2.37. The number of nitrogens with zero attached hydrogens (tertiary/aromatic N) is 3. The Morgan fingerprint density at radius 1 is 1.11 bits per heavy atom. The molecule has 1 atom stereocenters. The van der Waals surface area contributed by atoms with Crippen LogP contribution >= 0.6 is 11.8 Å². The van der Waals surface area contributed by atoms with Gasteiger partial charge in [-0.05, 0) is 29.3 Å². The van der Waals surface area contributed by atoms with Gasteiger partial charge < -0.3 is 5.32 Å². The van der Waals surface area contributed by atoms with Crippen molar-refractivity contribution in [2.24, 2.45) is 0 Å². The molecule has 0 bridgehead atoms. The zero-order chi connectivity index (χ0) is 19.9. The Balaban J connectivity index is 1.79. The molecule has 9 heteroatoms. The molecule has 0 radical (unpaired) electrons. The zero-order valence-corrected chi connectivity index (χ0v) is 15.5. The first kappa shape index (κ1) is 18.5. The van der Waals surface area contributed by atoms with Crippen molar-refractivity contribution in [3.05, 3.63) is 65.7 Å². The van der Waals surface area contributed by atoms with Gasteiger partial charge in [0.15, 0.2) is 11.0 Å². The summed E-state index contributed by atoms with van der Waals surface area (Å²) in [4.78, 5) is 14.1. The maximum atomic E-state index is 14.1. The number of fused-ring (bicyclic) bond motifs is 1. The number of aryl methyl sites for hydroxylation is 1. The molecule has 0 saturated heterocycles. The molecule has 28 heavy (non-hydrogen) atoms. The van der Waals surface area contributed by atoms with Crippen LogP contribution in [0.1, 0.15) is 18.1 Å². The molecule has 0 spiro atoms. The molecule has 0 aliphatic carbocycles. The van der Waals surface area contributed by atoms with Gasteiger partial charge in [0.2, 0.25) is 4.87 Å². The van der Waals surface area contributed by atoms with E-state index in [-0.39, 0.29) is 16.5 Å². The third-order valence-electron chi connectivity index (χ3n) is 4.50. The van der Waals surface area contributed by atoms with E-state index in [0.717, 1.165) is 16.7 Å². The first-order valence-electron chi connectivity index (χ1n) is 8.54. The molecular formula is C19H15F3N4OS. The first-order valence-corrected chi connectivity index (χ1v) is 9.36. The monoisotopic (exact) mass is 404 g/mol. The van der Waals surface area contributed by atoms with Crippen LogP contribution in [0.5, 0.6) is 0 Å². The van der Waals surface area contributed by atoms with Crippen molar-refractivity contribution in [1.82, 2.24) is 20.1 Å². The quantitative estimate of drug-likeness (QED) is 0.694. The second-order valence-corrected chi connectivity index (χ2v) is 7.44. The molecule has 1 aromatic heterocycles. The van der Waals surface area contributed by atoms with Gasteiger partial charge in [-0.2, -0.15) is 17.9 Å². The van der Waals surface area contributed by atoms with E-state index in [4.69, 9.17) is 0 Å². The van der Waals surface area contributed by atoms with E-state index >= 15 is 0 Å². The minimum absolute atomic E-state index is 0.0797. The molecule has 0 unspecified atom stereocenters. The number of carbonyl (C=O) groups excluding carboxylic acids is 1. The van der Waals surface area contributed by atoms with Crippen molar-refractivity contribution >= 4 is 17.8 Å². The van der Waals surface area contributed by atoms with E-state index in [1.54, 1.807) is 18.2 Å². The fraction of sp³-hybridized carbons (Fsp3) is 0.211. The van der Waals surface area contributed by atoms with Gasteiger partial charge in [0.25, 0.3) is 0 Å². The Hall–Kier alpha value is -2.81. The molecule has 5 nitrogen and oxygen atoms in total. The molecule has 144 valence electrons. The Morgan fingerprint density at radius 2 is 1.79 bits per heavy atom. The molecule has 1 N–H and O–H groups in total. The number of alkyl halides is 3. The molecule has 0 fully saturated rings. The fourth-order valence-electron chi connectivity index (χ4n) is 2.97. The average Bonchev–Trinajstić information content (AvgIpc) is 3.12. The molecule has 3 aromatic rings. The van der Waals surface area contributed by atoms with Crippen LogP contribution in [0.2, 0.25) is 0 Å². The predicted octanol–water partition coefficient (Wildman–Crippen LogP) is 4.59. The summed E-state index contributed by atoms with van der Waals surface area (Å²) in [6.07, 6.45) is -3.88. The number of amides is 1. The molecule has 0 saturated carbocycles. The van der Waals surface area contributed by atoms with Gasteiger partial charge in [-0.3, -0.25) is 0 Å². The number of rotatable bonds is 3. The summed E-state index contributed by atoms with van der Waals surface area (Å²) in [6.45, 7) is 2.02. The van der Waals surface area contributed by atoms with Crippen molar-refractivity contribution in [3.63, 3.8) is 0 Å². The minimum atomic E-state index is -4.74. The number of hydrogen-bond donors (Lipinski definition) is 1. The number of hydrogen-bond acceptors (Lipinski definition) is 4. The van der Waals surface area contributed by atoms with Crippen LogP contribution in [-0.2, 0) is 11.3 Å². The Kier molecular flexibility index (Phi) is 4.41. The molecule has 2 heterocycles. The molecule has 2 aromatic carbocycles. The summed E-state index contributed by atoms with van der Waals surface area (Å²) in [6, 6.07) is 13.7. The maximum absolute atomic E-state index is 14.1. The van der Waals surface area contributed by atoms with Gasteiger partial charge in [0, 0.05) is 5.56 Å². The average molecular weight is 404 g/mol. The fourth-order valence-corrected chi connectivity index (χ4v) is 4.09. The van der Waals surface area contributed by atoms with Crippen LogP contribution in [0.15, 0.2) is 59.8 Å². The number of aromatic nitrogens is 3. The summed E-state index contributed by atoms with van der Waals surface area (Å²) in [5.74, 6) is 0.200. The van der Waals surface area contributed by atoms with E-state index in [1.807, 2.05) is 19.1 Å². The predicted molar refractivity (Wildman–Crippen MR) is 98.8 cm³/mol. The Bertz CT molecular complexity index is 1020. The number of halogens is 3. The van der Waals surface area contributed by atoms with Crippen LogP contribution in [0.4, 0.5) is 18.0 Å². The topological polar surface area (TPSA) is 59.8 Å². The highest BCUT2D eigenvalue weighted by molar-refractivity contribution is 8.00. The van der Waals surface area contributed by atoms with Crippen LogP contribution in [0.25, 0.3) is 11.4 Å². The minimum Gasteiger partial charge on any atom is -0.309 e. The zero-order valence-electron chi connectivity index (χ0n) is 14.7. The van der Waals surface area contributed by atoms with Crippen LogP contribution in [0.3, 0.4) is 0 Å².